The summed E-state index contributed by atoms with van der Waals surface area (Å²) in [6, 6.07) is 82.1. The Morgan fingerprint density at radius 1 is 0.435 bits per heavy atom. The third-order valence-corrected chi connectivity index (χ3v) is 17.1. The Labute approximate surface area is 510 Å². The summed E-state index contributed by atoms with van der Waals surface area (Å²) in [4.78, 5) is 4.93. The van der Waals surface area contributed by atoms with Gasteiger partial charge >= 0.3 is 0 Å². The average Bonchev–Trinajstić information content (AvgIpc) is 1.75. The molecule has 7 heteroatoms. The van der Waals surface area contributed by atoms with E-state index in [0.717, 1.165) is 122 Å². The quantitative estimate of drug-likeness (QED) is 0.123. The zero-order valence-electron chi connectivity index (χ0n) is 49.1. The number of benzene rings is 10. The van der Waals surface area contributed by atoms with E-state index in [2.05, 4.69) is 270 Å². The van der Waals surface area contributed by atoms with Crippen molar-refractivity contribution in [1.29, 1.82) is 0 Å². The van der Waals surface area contributed by atoms with Gasteiger partial charge in [-0.1, -0.05) is 201 Å². The molecule has 0 bridgehead atoms. The number of aromatic nitrogens is 4. The van der Waals surface area contributed by atoms with Crippen molar-refractivity contribution in [3.63, 3.8) is 0 Å². The maximum Gasteiger partial charge on any atom is 0.268 e. The van der Waals surface area contributed by atoms with Gasteiger partial charge in [0.2, 0.25) is 0 Å². The van der Waals surface area contributed by atoms with E-state index < -0.39 is 0 Å². The van der Waals surface area contributed by atoms with Gasteiger partial charge in [0.25, 0.3) is 6.33 Å². The van der Waals surface area contributed by atoms with E-state index in [9.17, 15) is 0 Å². The summed E-state index contributed by atoms with van der Waals surface area (Å²) in [5.74, 6) is 1.95. The predicted molar refractivity (Wildman–Crippen MR) is 344 cm³/mol. The molecule has 0 atom stereocenters. The predicted octanol–water partition coefficient (Wildman–Crippen LogP) is 20.0. The number of rotatable bonds is 6. The van der Waals surface area contributed by atoms with Gasteiger partial charge in [-0.05, 0) is 142 Å². The van der Waals surface area contributed by atoms with Crippen LogP contribution in [0, 0.1) is 18.5 Å². The molecule has 14 aromatic rings. The first-order chi connectivity index (χ1) is 40.5. The molecule has 0 saturated heterocycles. The van der Waals surface area contributed by atoms with Crippen molar-refractivity contribution < 1.29 is 34.8 Å². The van der Waals surface area contributed by atoms with Crippen LogP contribution in [0.3, 0.4) is 0 Å². The van der Waals surface area contributed by atoms with Crippen LogP contribution in [0.25, 0.3) is 128 Å². The number of imidazole rings is 1. The molecule has 418 valence electrons. The Morgan fingerprint density at radius 3 is 1.86 bits per heavy atom. The van der Waals surface area contributed by atoms with Gasteiger partial charge in [-0.2, -0.15) is 18.2 Å². The Bertz CT molecular complexity index is 5000. The Hall–Kier alpha value is -9.09. The summed E-state index contributed by atoms with van der Waals surface area (Å²) in [6.45, 7) is 20.4. The van der Waals surface area contributed by atoms with E-state index in [-0.39, 0.29) is 37.3 Å². The molecule has 0 N–H and O–H groups in total. The minimum atomic E-state index is -0.108. The second-order valence-corrected chi connectivity index (χ2v) is 25.6. The van der Waals surface area contributed by atoms with Crippen LogP contribution in [-0.4, -0.2) is 14.1 Å². The maximum absolute atomic E-state index is 6.92. The van der Waals surface area contributed by atoms with Gasteiger partial charge in [-0.15, -0.1) is 29.7 Å². The van der Waals surface area contributed by atoms with Crippen LogP contribution < -0.4 is 9.30 Å². The minimum absolute atomic E-state index is 0. The normalized spacial score (nSPS) is 12.4. The van der Waals surface area contributed by atoms with Crippen LogP contribution in [-0.2, 0) is 37.3 Å². The smallest absolute Gasteiger partial charge is 0.268 e. The molecule has 0 amide bonds. The number of ether oxygens (including phenoxy) is 1. The molecular formula is C78H62N4O2Pt-2. The Balaban J connectivity index is 0.00000640. The van der Waals surface area contributed by atoms with Crippen molar-refractivity contribution in [1.82, 2.24) is 14.1 Å². The summed E-state index contributed by atoms with van der Waals surface area (Å²) < 4.78 is 20.0. The molecule has 15 rings (SSSR count). The molecule has 0 spiro atoms. The molecule has 0 fully saturated rings. The van der Waals surface area contributed by atoms with Crippen molar-refractivity contribution in [3.8, 4) is 84.3 Å². The second-order valence-electron chi connectivity index (χ2n) is 25.6. The summed E-state index contributed by atoms with van der Waals surface area (Å²) in [5.41, 5.74) is 22.2. The topological polar surface area (TPSA) is 49.0 Å². The molecule has 5 heterocycles. The number of nitrogens with zero attached hydrogens (tertiary/aromatic N) is 4. The monoisotopic (exact) mass is 1280 g/mol. The van der Waals surface area contributed by atoms with Crippen molar-refractivity contribution in [3.05, 3.63) is 248 Å². The number of hydrogen-bond acceptors (Lipinski definition) is 3. The van der Waals surface area contributed by atoms with Crippen molar-refractivity contribution >= 4 is 54.8 Å². The molecule has 0 aliphatic carbocycles. The fraction of sp³-hybridized carbons (Fsp3) is 0.154. The van der Waals surface area contributed by atoms with Gasteiger partial charge in [0, 0.05) is 55.1 Å². The van der Waals surface area contributed by atoms with Gasteiger partial charge in [-0.25, -0.2) is 4.98 Å². The van der Waals surface area contributed by atoms with Crippen molar-refractivity contribution in [2.45, 2.75) is 78.6 Å². The molecule has 85 heavy (non-hydrogen) atoms. The second kappa shape index (κ2) is 20.0. The van der Waals surface area contributed by atoms with Gasteiger partial charge in [-0.3, -0.25) is 4.57 Å². The minimum Gasteiger partial charge on any atom is -0.510 e. The van der Waals surface area contributed by atoms with E-state index in [4.69, 9.17) is 14.1 Å². The van der Waals surface area contributed by atoms with E-state index in [1.165, 1.54) is 22.3 Å². The first-order valence-corrected chi connectivity index (χ1v) is 29.1. The zero-order valence-corrected chi connectivity index (χ0v) is 51.4. The summed E-state index contributed by atoms with van der Waals surface area (Å²) >= 11 is 0. The van der Waals surface area contributed by atoms with Crippen LogP contribution in [0.15, 0.2) is 217 Å². The van der Waals surface area contributed by atoms with Gasteiger partial charge in [0.05, 0.1) is 16.7 Å². The maximum atomic E-state index is 6.92. The van der Waals surface area contributed by atoms with Gasteiger partial charge in [0.15, 0.2) is 0 Å². The van der Waals surface area contributed by atoms with Crippen LogP contribution in [0.5, 0.6) is 11.5 Å². The first-order valence-electron chi connectivity index (χ1n) is 29.1. The fourth-order valence-electron chi connectivity index (χ4n) is 12.6. The van der Waals surface area contributed by atoms with Crippen molar-refractivity contribution in [2.75, 3.05) is 0 Å². The number of hydrogen-bond donors (Lipinski definition) is 0. The zero-order chi connectivity index (χ0) is 57.4. The van der Waals surface area contributed by atoms with Crippen LogP contribution in [0.2, 0.25) is 0 Å². The molecule has 0 unspecified atom stereocenters. The molecule has 6 nitrogen and oxygen atoms in total. The van der Waals surface area contributed by atoms with Crippen LogP contribution in [0.4, 0.5) is 0 Å². The SMILES string of the molecule is CC(C)(C)c1ccc(-c2cccc3c2-[n+]2[c-]n(-c4[c-]c(Oc5[c-]c6c(cc5)c5ccccc5n6-c5cc(C(C)(C)C)ccn5)ccc4)c4cc(-c5ccc6oc7ccccc7c6c5)cc(c42)-c2ccccc2-c2ccc(C(C)(C)C)cc2-3)cc1.[Pt]. The largest absolute Gasteiger partial charge is 0.510 e. The fourth-order valence-corrected chi connectivity index (χ4v) is 12.6. The molecule has 1 aliphatic rings. The molecular weight excluding hydrogens is 1220 g/mol. The third kappa shape index (κ3) is 9.12. The van der Waals surface area contributed by atoms with Crippen LogP contribution >= 0.6 is 0 Å². The van der Waals surface area contributed by atoms with E-state index in [1.54, 1.807) is 0 Å². The average molecular weight is 1280 g/mol. The molecule has 10 aromatic carbocycles. The van der Waals surface area contributed by atoms with E-state index in [1.807, 2.05) is 36.5 Å². The first kappa shape index (κ1) is 53.9. The standard InChI is InChI=1S/C78H62N4O2.Pt/c1-76(2,3)51-31-28-48(29-32-51)57-24-17-25-64-65-43-52(77(4,5)6)33-35-60(65)58-20-10-11-21-59(58)67-41-50(49-30-37-72-66(40-49)63-23-13-15-27-71(63)84-72)42-70-75(67)81(74(57)64)47-80(70)54-18-16-19-55(45-54)83-56-34-36-62-61-22-12-14-26-68(61)82(69(62)46-56)73-44-53(38-39-79-73)78(7,8)9;/h10-44H,1-9H3;/q-2;. The number of pyridine rings is 1. The van der Waals surface area contributed by atoms with E-state index in [0.29, 0.717) is 11.5 Å². The molecule has 0 saturated carbocycles. The number of fused-ring (bicyclic) bond motifs is 13. The number of para-hydroxylation sites is 3. The summed E-state index contributed by atoms with van der Waals surface area (Å²) in [6.07, 6.45) is 5.97. The molecule has 4 aromatic heterocycles. The number of furan rings is 1. The summed E-state index contributed by atoms with van der Waals surface area (Å²) in [7, 11) is 0. The van der Waals surface area contributed by atoms with Crippen molar-refractivity contribution in [2.24, 2.45) is 0 Å². The Morgan fingerprint density at radius 2 is 1.07 bits per heavy atom. The molecule has 1 aliphatic heterocycles. The summed E-state index contributed by atoms with van der Waals surface area (Å²) in [5, 5.41) is 4.35. The van der Waals surface area contributed by atoms with Crippen LogP contribution in [0.1, 0.15) is 79.0 Å². The Kier molecular flexibility index (Phi) is 12.7. The van der Waals surface area contributed by atoms with Gasteiger partial charge in [0.1, 0.15) is 17.0 Å². The van der Waals surface area contributed by atoms with E-state index >= 15 is 0 Å². The molecule has 0 radical (unpaired) electrons. The third-order valence-electron chi connectivity index (χ3n) is 17.1. The van der Waals surface area contributed by atoms with Gasteiger partial charge < -0.3 is 18.3 Å².